The molecule has 122 valence electrons. The van der Waals surface area contributed by atoms with Gasteiger partial charge < -0.3 is 10.6 Å². The second kappa shape index (κ2) is 8.13. The van der Waals surface area contributed by atoms with Gasteiger partial charge in [-0.05, 0) is 37.6 Å². The average Bonchev–Trinajstić information content (AvgIpc) is 2.45. The molecule has 0 radical (unpaired) electrons. The number of rotatable bonds is 6. The van der Waals surface area contributed by atoms with Crippen molar-refractivity contribution in [2.45, 2.75) is 26.7 Å². The second-order valence-electron chi connectivity index (χ2n) is 5.11. The molecule has 0 saturated heterocycles. The molecule has 2 aromatic rings. The number of anilines is 2. The first-order valence-electron chi connectivity index (χ1n) is 7.35. The number of hydrogen-bond acceptors (Lipinski definition) is 4. The van der Waals surface area contributed by atoms with Crippen molar-refractivity contribution < 1.29 is 4.79 Å². The lowest BCUT2D eigenvalue weighted by atomic mass is 10.3. The fourth-order valence-corrected chi connectivity index (χ4v) is 2.49. The number of benzene rings is 1. The van der Waals surface area contributed by atoms with Crippen LogP contribution >= 0.6 is 23.2 Å². The van der Waals surface area contributed by atoms with Crippen LogP contribution in [0.4, 0.5) is 11.6 Å². The van der Waals surface area contributed by atoms with E-state index in [1.807, 2.05) is 0 Å². The second-order valence-corrected chi connectivity index (χ2v) is 5.98. The van der Waals surface area contributed by atoms with Crippen LogP contribution in [0.1, 0.15) is 35.9 Å². The molecule has 0 atom stereocenters. The first kappa shape index (κ1) is 17.5. The molecule has 0 fully saturated rings. The summed E-state index contributed by atoms with van der Waals surface area (Å²) in [5.74, 6) is 0.111. The summed E-state index contributed by atoms with van der Waals surface area (Å²) in [6, 6.07) is 6.70. The van der Waals surface area contributed by atoms with E-state index in [1.165, 1.54) is 0 Å². The van der Waals surface area contributed by atoms with Gasteiger partial charge in [0.05, 0.1) is 0 Å². The lowest BCUT2D eigenvalue weighted by molar-refractivity contribution is 0.0948. The Hall–Kier alpha value is -1.85. The van der Waals surface area contributed by atoms with Crippen molar-refractivity contribution in [3.05, 3.63) is 45.7 Å². The van der Waals surface area contributed by atoms with Gasteiger partial charge in [0.1, 0.15) is 5.69 Å². The predicted octanol–water partition coefficient (Wildman–Crippen LogP) is 4.37. The van der Waals surface area contributed by atoms with Gasteiger partial charge >= 0.3 is 0 Å². The van der Waals surface area contributed by atoms with Gasteiger partial charge in [0, 0.05) is 28.0 Å². The van der Waals surface area contributed by atoms with Gasteiger partial charge in [-0.3, -0.25) is 4.79 Å². The fourth-order valence-electron chi connectivity index (χ4n) is 1.97. The summed E-state index contributed by atoms with van der Waals surface area (Å²) in [7, 11) is 0. The summed E-state index contributed by atoms with van der Waals surface area (Å²) in [6.07, 6.45) is 1.95. The van der Waals surface area contributed by atoms with E-state index in [1.54, 1.807) is 31.2 Å². The largest absolute Gasteiger partial charge is 0.351 e. The Morgan fingerprint density at radius 1 is 1.13 bits per heavy atom. The number of amides is 1. The molecule has 5 nitrogen and oxygen atoms in total. The Kier molecular flexibility index (Phi) is 6.19. The van der Waals surface area contributed by atoms with Gasteiger partial charge in [-0.2, -0.15) is 0 Å². The van der Waals surface area contributed by atoms with Crippen LogP contribution in [0.15, 0.2) is 24.3 Å². The van der Waals surface area contributed by atoms with E-state index >= 15 is 0 Å². The number of aryl methyl sites for hydroxylation is 1. The highest BCUT2D eigenvalue weighted by molar-refractivity contribution is 6.35. The zero-order valence-corrected chi connectivity index (χ0v) is 14.5. The summed E-state index contributed by atoms with van der Waals surface area (Å²) >= 11 is 11.9. The van der Waals surface area contributed by atoms with E-state index in [0.29, 0.717) is 39.6 Å². The van der Waals surface area contributed by atoms with Crippen molar-refractivity contribution >= 4 is 40.7 Å². The fraction of sp³-hybridized carbons (Fsp3) is 0.312. The molecule has 7 heteroatoms. The van der Waals surface area contributed by atoms with E-state index < -0.39 is 0 Å². The highest BCUT2D eigenvalue weighted by Gasteiger charge is 2.10. The molecule has 0 spiro atoms. The highest BCUT2D eigenvalue weighted by Crippen LogP contribution is 2.24. The van der Waals surface area contributed by atoms with Crippen molar-refractivity contribution in [2.24, 2.45) is 0 Å². The summed E-state index contributed by atoms with van der Waals surface area (Å²) < 4.78 is 0. The van der Waals surface area contributed by atoms with E-state index in [2.05, 4.69) is 27.5 Å². The van der Waals surface area contributed by atoms with E-state index in [4.69, 9.17) is 23.2 Å². The number of unbranched alkanes of at least 4 members (excludes halogenated alkanes) is 1. The number of carbonyl (C=O) groups is 1. The topological polar surface area (TPSA) is 66.9 Å². The van der Waals surface area contributed by atoms with Gasteiger partial charge in [-0.1, -0.05) is 36.5 Å². The smallest absolute Gasteiger partial charge is 0.270 e. The predicted molar refractivity (Wildman–Crippen MR) is 93.8 cm³/mol. The number of halogens is 2. The van der Waals surface area contributed by atoms with Gasteiger partial charge in [0.2, 0.25) is 5.95 Å². The average molecular weight is 353 g/mol. The SMILES string of the molecule is CCCCNC(=O)c1cc(C)nc(Nc2cc(Cl)cc(Cl)c2)n1. The summed E-state index contributed by atoms with van der Waals surface area (Å²) in [5, 5.41) is 6.86. The molecule has 1 aromatic heterocycles. The molecular weight excluding hydrogens is 335 g/mol. The minimum absolute atomic E-state index is 0.212. The highest BCUT2D eigenvalue weighted by atomic mass is 35.5. The molecule has 2 N–H and O–H groups in total. The van der Waals surface area contributed by atoms with Crippen LogP contribution in [-0.4, -0.2) is 22.4 Å². The van der Waals surface area contributed by atoms with Crippen LogP contribution < -0.4 is 10.6 Å². The van der Waals surface area contributed by atoms with Gasteiger partial charge in [0.15, 0.2) is 0 Å². The van der Waals surface area contributed by atoms with E-state index in [0.717, 1.165) is 12.8 Å². The first-order chi connectivity index (χ1) is 11.0. The quantitative estimate of drug-likeness (QED) is 0.757. The Bertz CT molecular complexity index is 686. The lowest BCUT2D eigenvalue weighted by Crippen LogP contribution is -2.25. The molecule has 1 heterocycles. The van der Waals surface area contributed by atoms with E-state index in [9.17, 15) is 4.79 Å². The van der Waals surface area contributed by atoms with Gasteiger partial charge in [-0.15, -0.1) is 0 Å². The Morgan fingerprint density at radius 3 is 2.48 bits per heavy atom. The van der Waals surface area contributed by atoms with Crippen molar-refractivity contribution in [3.8, 4) is 0 Å². The molecule has 0 saturated carbocycles. The minimum atomic E-state index is -0.212. The Labute approximate surface area is 145 Å². The molecule has 0 unspecified atom stereocenters. The number of nitrogens with zero attached hydrogens (tertiary/aromatic N) is 2. The minimum Gasteiger partial charge on any atom is -0.351 e. The Balaban J connectivity index is 2.18. The molecular formula is C16H18Cl2N4O. The zero-order chi connectivity index (χ0) is 16.8. The molecule has 1 aromatic carbocycles. The lowest BCUT2D eigenvalue weighted by Gasteiger charge is -2.09. The third-order valence-electron chi connectivity index (χ3n) is 3.02. The number of carbonyl (C=O) groups excluding carboxylic acids is 1. The number of nitrogens with one attached hydrogen (secondary N) is 2. The normalized spacial score (nSPS) is 10.4. The number of aromatic nitrogens is 2. The molecule has 0 aliphatic heterocycles. The molecule has 0 bridgehead atoms. The first-order valence-corrected chi connectivity index (χ1v) is 8.10. The van der Waals surface area contributed by atoms with Crippen LogP contribution in [0.2, 0.25) is 10.0 Å². The van der Waals surface area contributed by atoms with Crippen molar-refractivity contribution in [1.29, 1.82) is 0 Å². The summed E-state index contributed by atoms with van der Waals surface area (Å²) in [6.45, 7) is 4.50. The van der Waals surface area contributed by atoms with Crippen LogP contribution in [0.25, 0.3) is 0 Å². The molecule has 23 heavy (non-hydrogen) atoms. The van der Waals surface area contributed by atoms with Crippen LogP contribution in [0.3, 0.4) is 0 Å². The standard InChI is InChI=1S/C16H18Cl2N4O/c1-3-4-5-19-15(23)14-6-10(2)20-16(22-14)21-13-8-11(17)7-12(18)9-13/h6-9H,3-5H2,1-2H3,(H,19,23)(H,20,21,22). The summed E-state index contributed by atoms with van der Waals surface area (Å²) in [5.41, 5.74) is 1.67. The number of hydrogen-bond donors (Lipinski definition) is 2. The maximum absolute atomic E-state index is 12.1. The maximum atomic E-state index is 12.1. The third-order valence-corrected chi connectivity index (χ3v) is 3.46. The van der Waals surface area contributed by atoms with Gasteiger partial charge in [-0.25, -0.2) is 9.97 Å². The summed E-state index contributed by atoms with van der Waals surface area (Å²) in [4.78, 5) is 20.6. The maximum Gasteiger partial charge on any atom is 0.270 e. The third kappa shape index (κ3) is 5.37. The molecule has 2 rings (SSSR count). The van der Waals surface area contributed by atoms with Crippen LogP contribution in [-0.2, 0) is 0 Å². The van der Waals surface area contributed by atoms with Crippen molar-refractivity contribution in [2.75, 3.05) is 11.9 Å². The molecule has 0 aliphatic rings. The van der Waals surface area contributed by atoms with E-state index in [-0.39, 0.29) is 5.91 Å². The van der Waals surface area contributed by atoms with Gasteiger partial charge in [0.25, 0.3) is 5.91 Å². The van der Waals surface area contributed by atoms with Crippen LogP contribution in [0.5, 0.6) is 0 Å². The Morgan fingerprint density at radius 2 is 1.83 bits per heavy atom. The zero-order valence-electron chi connectivity index (χ0n) is 13.0. The molecule has 1 amide bonds. The van der Waals surface area contributed by atoms with Crippen molar-refractivity contribution in [3.63, 3.8) is 0 Å². The monoisotopic (exact) mass is 352 g/mol. The van der Waals surface area contributed by atoms with Crippen LogP contribution in [0, 0.1) is 6.92 Å². The van der Waals surface area contributed by atoms with Crippen molar-refractivity contribution in [1.82, 2.24) is 15.3 Å². The molecule has 0 aliphatic carbocycles.